The maximum atomic E-state index is 4.83. The van der Waals surface area contributed by atoms with Crippen LogP contribution in [0.1, 0.15) is 36.1 Å². The second kappa shape index (κ2) is 9.23. The van der Waals surface area contributed by atoms with Gasteiger partial charge in [0.25, 0.3) is 0 Å². The minimum absolute atomic E-state index is 0.758. The molecule has 1 aliphatic heterocycles. The summed E-state index contributed by atoms with van der Waals surface area (Å²) in [6, 6.07) is 23.2. The van der Waals surface area contributed by atoms with Crippen LogP contribution in [-0.4, -0.2) is 37.6 Å². The average molecular weight is 449 g/mol. The van der Waals surface area contributed by atoms with Gasteiger partial charge >= 0.3 is 0 Å². The normalized spacial score (nSPS) is 14.6. The summed E-state index contributed by atoms with van der Waals surface area (Å²) in [5.41, 5.74) is 6.53. The van der Waals surface area contributed by atoms with Crippen LogP contribution in [0.4, 0.5) is 11.5 Å². The highest BCUT2D eigenvalue weighted by Gasteiger charge is 2.11. The van der Waals surface area contributed by atoms with Gasteiger partial charge in [-0.1, -0.05) is 30.7 Å². The molecule has 0 aliphatic carbocycles. The number of imidazole rings is 1. The molecule has 34 heavy (non-hydrogen) atoms. The number of likely N-dealkylation sites (tertiary alicyclic amines) is 1. The van der Waals surface area contributed by atoms with Gasteiger partial charge in [-0.2, -0.15) is 0 Å². The van der Waals surface area contributed by atoms with Gasteiger partial charge in [-0.3, -0.25) is 9.88 Å². The molecule has 1 N–H and O–H groups in total. The first kappa shape index (κ1) is 20.8. The molecule has 5 aromatic rings. The van der Waals surface area contributed by atoms with Gasteiger partial charge < -0.3 is 5.32 Å². The zero-order valence-corrected chi connectivity index (χ0v) is 19.2. The van der Waals surface area contributed by atoms with E-state index in [1.165, 1.54) is 43.5 Å². The Bertz CT molecular complexity index is 1420. The van der Waals surface area contributed by atoms with Crippen LogP contribution in [0.3, 0.4) is 0 Å². The van der Waals surface area contributed by atoms with Crippen molar-refractivity contribution in [3.05, 3.63) is 95.9 Å². The molecule has 1 fully saturated rings. The number of pyridine rings is 1. The summed E-state index contributed by atoms with van der Waals surface area (Å²) in [6.07, 6.45) is 8.51. The molecule has 1 saturated heterocycles. The lowest BCUT2D eigenvalue weighted by molar-refractivity contribution is 0.221. The molecule has 0 saturated carbocycles. The predicted octanol–water partition coefficient (Wildman–Crippen LogP) is 5.60. The van der Waals surface area contributed by atoms with Crippen LogP contribution in [0.15, 0.2) is 79.1 Å². The van der Waals surface area contributed by atoms with Crippen molar-refractivity contribution in [1.29, 1.82) is 0 Å². The monoisotopic (exact) mass is 448 g/mol. The Kier molecular flexibility index (Phi) is 5.65. The predicted molar refractivity (Wildman–Crippen MR) is 136 cm³/mol. The summed E-state index contributed by atoms with van der Waals surface area (Å²) in [5.74, 6) is 0.804. The van der Waals surface area contributed by atoms with Crippen LogP contribution in [0.2, 0.25) is 0 Å². The van der Waals surface area contributed by atoms with Crippen molar-refractivity contribution in [3.63, 3.8) is 0 Å². The van der Waals surface area contributed by atoms with Crippen LogP contribution in [-0.2, 0) is 13.0 Å². The van der Waals surface area contributed by atoms with Crippen molar-refractivity contribution < 1.29 is 0 Å². The van der Waals surface area contributed by atoms with Crippen molar-refractivity contribution in [2.75, 3.05) is 18.4 Å². The number of anilines is 2. The van der Waals surface area contributed by atoms with Crippen LogP contribution < -0.4 is 5.32 Å². The summed E-state index contributed by atoms with van der Waals surface area (Å²) in [6.45, 7) is 3.47. The van der Waals surface area contributed by atoms with Crippen LogP contribution in [0.5, 0.6) is 0 Å². The van der Waals surface area contributed by atoms with E-state index in [2.05, 4.69) is 68.7 Å². The summed E-state index contributed by atoms with van der Waals surface area (Å²) in [7, 11) is 0. The molecule has 0 unspecified atom stereocenters. The largest absolute Gasteiger partial charge is 0.339 e. The Morgan fingerprint density at radius 3 is 2.56 bits per heavy atom. The number of benzene rings is 2. The second-order valence-electron chi connectivity index (χ2n) is 9.10. The van der Waals surface area contributed by atoms with E-state index >= 15 is 0 Å². The topological polar surface area (TPSA) is 58.4 Å². The lowest BCUT2D eigenvalue weighted by atomic mass is 10.1. The maximum absolute atomic E-state index is 4.83. The third-order valence-electron chi connectivity index (χ3n) is 6.57. The fraction of sp³-hybridized carbons (Fsp3) is 0.250. The number of rotatable bonds is 6. The second-order valence-corrected chi connectivity index (χ2v) is 9.10. The third kappa shape index (κ3) is 4.50. The zero-order chi connectivity index (χ0) is 22.7. The molecule has 4 heterocycles. The third-order valence-corrected chi connectivity index (χ3v) is 6.57. The molecular formula is C28H28N6. The highest BCUT2D eigenvalue weighted by molar-refractivity contribution is 5.79. The standard InChI is InChI=1S/C28H28N6/c1-2-15-33(16-3-1)20-21-6-9-24(10-7-21)31-27-12-13-28-30-19-25(34(28)32-27)18-22-8-11-26-23(17-22)5-4-14-29-26/h4-14,17,19H,1-3,15-16,18,20H2,(H,31,32). The highest BCUT2D eigenvalue weighted by Crippen LogP contribution is 2.20. The fourth-order valence-electron chi connectivity index (χ4n) is 4.77. The van der Waals surface area contributed by atoms with Gasteiger partial charge in [-0.25, -0.2) is 9.50 Å². The van der Waals surface area contributed by atoms with E-state index in [0.29, 0.717) is 0 Å². The number of hydrogen-bond donors (Lipinski definition) is 1. The zero-order valence-electron chi connectivity index (χ0n) is 19.2. The Morgan fingerprint density at radius 2 is 1.68 bits per heavy atom. The Balaban J connectivity index is 1.18. The van der Waals surface area contributed by atoms with Crippen LogP contribution in [0, 0.1) is 0 Å². The van der Waals surface area contributed by atoms with E-state index < -0.39 is 0 Å². The summed E-state index contributed by atoms with van der Waals surface area (Å²) < 4.78 is 1.93. The molecule has 6 heteroatoms. The Hall–Kier alpha value is -3.77. The molecule has 0 amide bonds. The molecule has 170 valence electrons. The Morgan fingerprint density at radius 1 is 0.824 bits per heavy atom. The van der Waals surface area contributed by atoms with E-state index in [4.69, 9.17) is 5.10 Å². The molecule has 3 aromatic heterocycles. The first-order valence-electron chi connectivity index (χ1n) is 12.1. The summed E-state index contributed by atoms with van der Waals surface area (Å²) in [4.78, 5) is 11.5. The number of fused-ring (bicyclic) bond motifs is 2. The number of piperidine rings is 1. The minimum Gasteiger partial charge on any atom is -0.339 e. The van der Waals surface area contributed by atoms with Gasteiger partial charge in [0.2, 0.25) is 0 Å². The molecule has 2 aromatic carbocycles. The quantitative estimate of drug-likeness (QED) is 0.367. The lowest BCUT2D eigenvalue weighted by Crippen LogP contribution is -2.29. The van der Waals surface area contributed by atoms with E-state index in [0.717, 1.165) is 46.7 Å². The molecule has 0 atom stereocenters. The fourth-order valence-corrected chi connectivity index (χ4v) is 4.77. The van der Waals surface area contributed by atoms with Crippen molar-refractivity contribution >= 4 is 28.1 Å². The minimum atomic E-state index is 0.758. The highest BCUT2D eigenvalue weighted by atomic mass is 15.3. The first-order chi connectivity index (χ1) is 16.8. The first-order valence-corrected chi connectivity index (χ1v) is 12.1. The number of nitrogens with zero attached hydrogens (tertiary/aromatic N) is 5. The average Bonchev–Trinajstić information content (AvgIpc) is 3.28. The molecular weight excluding hydrogens is 420 g/mol. The molecule has 6 rings (SSSR count). The van der Waals surface area contributed by atoms with E-state index in [1.807, 2.05) is 35.1 Å². The van der Waals surface area contributed by atoms with Gasteiger partial charge in [-0.15, -0.1) is 5.10 Å². The van der Waals surface area contributed by atoms with Crippen LogP contribution in [0.25, 0.3) is 16.6 Å². The van der Waals surface area contributed by atoms with Gasteiger partial charge in [0.05, 0.1) is 17.4 Å². The van der Waals surface area contributed by atoms with Gasteiger partial charge in [0.15, 0.2) is 11.5 Å². The maximum Gasteiger partial charge on any atom is 0.153 e. The summed E-state index contributed by atoms with van der Waals surface area (Å²) >= 11 is 0. The van der Waals surface area contributed by atoms with Gasteiger partial charge in [0, 0.05) is 30.2 Å². The van der Waals surface area contributed by atoms with Crippen molar-refractivity contribution in [2.45, 2.75) is 32.2 Å². The molecule has 0 bridgehead atoms. The number of hydrogen-bond acceptors (Lipinski definition) is 5. The van der Waals surface area contributed by atoms with Crippen molar-refractivity contribution in [3.8, 4) is 0 Å². The smallest absolute Gasteiger partial charge is 0.153 e. The molecule has 0 spiro atoms. The van der Waals surface area contributed by atoms with E-state index in [9.17, 15) is 0 Å². The molecule has 6 nitrogen and oxygen atoms in total. The lowest BCUT2D eigenvalue weighted by Gasteiger charge is -2.26. The Labute approximate surface area is 199 Å². The summed E-state index contributed by atoms with van der Waals surface area (Å²) in [5, 5.41) is 9.42. The number of aromatic nitrogens is 4. The van der Waals surface area contributed by atoms with Gasteiger partial charge in [-0.05, 0) is 79.5 Å². The SMILES string of the molecule is c1cnc2ccc(Cc3cnc4ccc(Nc5ccc(CN6CCCCC6)cc5)nn34)cc2c1. The molecule has 0 radical (unpaired) electrons. The number of nitrogens with one attached hydrogen (secondary N) is 1. The van der Waals surface area contributed by atoms with E-state index in [-0.39, 0.29) is 0 Å². The van der Waals surface area contributed by atoms with Crippen molar-refractivity contribution in [1.82, 2.24) is 24.5 Å². The van der Waals surface area contributed by atoms with Crippen LogP contribution >= 0.6 is 0 Å². The van der Waals surface area contributed by atoms with E-state index in [1.54, 1.807) is 0 Å². The van der Waals surface area contributed by atoms with Gasteiger partial charge in [0.1, 0.15) is 0 Å². The molecule has 1 aliphatic rings. The van der Waals surface area contributed by atoms with Crippen molar-refractivity contribution in [2.24, 2.45) is 0 Å².